The molecule has 0 aliphatic carbocycles. The van der Waals surface area contributed by atoms with Crippen LogP contribution >= 0.6 is 0 Å². The summed E-state index contributed by atoms with van der Waals surface area (Å²) in [6.45, 7) is -1.09. The molecular formula is C22H22N2O8. The highest BCUT2D eigenvalue weighted by atomic mass is 16.5. The van der Waals surface area contributed by atoms with E-state index in [-0.39, 0.29) is 0 Å². The molecule has 0 aliphatic rings. The second-order valence-corrected chi connectivity index (χ2v) is 6.10. The average molecular weight is 442 g/mol. The zero-order valence-electron chi connectivity index (χ0n) is 17.5. The number of esters is 2. The van der Waals surface area contributed by atoms with E-state index < -0.39 is 37.0 Å². The van der Waals surface area contributed by atoms with Crippen LogP contribution in [0.25, 0.3) is 0 Å². The van der Waals surface area contributed by atoms with Gasteiger partial charge >= 0.3 is 11.9 Å². The number of hydrogen-bond donors (Lipinski definition) is 2. The summed E-state index contributed by atoms with van der Waals surface area (Å²) in [4.78, 5) is 46.8. The van der Waals surface area contributed by atoms with Gasteiger partial charge in [-0.2, -0.15) is 0 Å². The summed E-state index contributed by atoms with van der Waals surface area (Å²) in [7, 11) is 3.04. The Hall–Kier alpha value is -4.34. The van der Waals surface area contributed by atoms with Gasteiger partial charge in [-0.1, -0.05) is 0 Å². The minimum atomic E-state index is -0.922. The van der Waals surface area contributed by atoms with Crippen LogP contribution in [0.1, 0.15) is 0 Å². The summed E-state index contributed by atoms with van der Waals surface area (Å²) >= 11 is 0. The molecule has 0 heterocycles. The lowest BCUT2D eigenvalue weighted by Gasteiger charge is -2.07. The van der Waals surface area contributed by atoms with E-state index in [0.29, 0.717) is 22.9 Å². The van der Waals surface area contributed by atoms with Crippen molar-refractivity contribution in [3.05, 3.63) is 60.7 Å². The number of carbonyl (C=O) groups excluding carboxylic acids is 4. The van der Waals surface area contributed by atoms with E-state index in [1.807, 2.05) is 0 Å². The maximum absolute atomic E-state index is 11.8. The molecule has 0 saturated carbocycles. The second kappa shape index (κ2) is 12.4. The van der Waals surface area contributed by atoms with Crippen LogP contribution in [-0.2, 0) is 28.7 Å². The van der Waals surface area contributed by atoms with Crippen LogP contribution in [0, 0.1) is 0 Å². The highest BCUT2D eigenvalue weighted by Crippen LogP contribution is 2.15. The Morgan fingerprint density at radius 1 is 0.656 bits per heavy atom. The smallest absolute Gasteiger partial charge is 0.331 e. The van der Waals surface area contributed by atoms with Crippen molar-refractivity contribution in [1.82, 2.24) is 0 Å². The van der Waals surface area contributed by atoms with E-state index in [4.69, 9.17) is 18.9 Å². The lowest BCUT2D eigenvalue weighted by Crippen LogP contribution is -2.21. The van der Waals surface area contributed by atoms with Gasteiger partial charge in [-0.05, 0) is 48.5 Å². The Balaban J connectivity index is 1.66. The number of hydrogen-bond acceptors (Lipinski definition) is 8. The number of amides is 2. The molecule has 168 valence electrons. The molecule has 0 aromatic heterocycles. The molecule has 0 atom stereocenters. The van der Waals surface area contributed by atoms with Crippen LogP contribution in [0.4, 0.5) is 11.4 Å². The first kappa shape index (κ1) is 23.9. The predicted octanol–water partition coefficient (Wildman–Crippen LogP) is 1.92. The number of benzene rings is 2. The van der Waals surface area contributed by atoms with Gasteiger partial charge in [0.05, 0.1) is 14.2 Å². The number of rotatable bonds is 10. The van der Waals surface area contributed by atoms with Crippen LogP contribution < -0.4 is 20.1 Å². The van der Waals surface area contributed by atoms with Crippen LogP contribution in [0.5, 0.6) is 11.5 Å². The van der Waals surface area contributed by atoms with Gasteiger partial charge in [0, 0.05) is 23.5 Å². The van der Waals surface area contributed by atoms with Crippen molar-refractivity contribution in [3.8, 4) is 11.5 Å². The Morgan fingerprint density at radius 2 is 1.00 bits per heavy atom. The molecule has 0 saturated heterocycles. The van der Waals surface area contributed by atoms with Crippen molar-refractivity contribution in [2.75, 3.05) is 38.1 Å². The molecule has 2 amide bonds. The summed E-state index contributed by atoms with van der Waals surface area (Å²) < 4.78 is 19.5. The van der Waals surface area contributed by atoms with Crippen LogP contribution in [0.15, 0.2) is 60.7 Å². The molecule has 2 N–H and O–H groups in total. The van der Waals surface area contributed by atoms with E-state index in [1.165, 1.54) is 14.2 Å². The third-order valence-corrected chi connectivity index (χ3v) is 3.79. The number of nitrogens with one attached hydrogen (secondary N) is 2. The Morgan fingerprint density at radius 3 is 1.31 bits per heavy atom. The van der Waals surface area contributed by atoms with Crippen LogP contribution in [0.3, 0.4) is 0 Å². The van der Waals surface area contributed by atoms with E-state index in [2.05, 4.69) is 10.6 Å². The number of carbonyl (C=O) groups is 4. The molecule has 2 rings (SSSR count). The normalized spacial score (nSPS) is 10.2. The summed E-state index contributed by atoms with van der Waals surface area (Å²) in [6.07, 6.45) is 1.59. The molecule has 0 spiro atoms. The van der Waals surface area contributed by atoms with Crippen LogP contribution in [-0.4, -0.2) is 51.2 Å². The number of ether oxygens (including phenoxy) is 4. The van der Waals surface area contributed by atoms with Crippen LogP contribution in [0.2, 0.25) is 0 Å². The van der Waals surface area contributed by atoms with Gasteiger partial charge in [0.15, 0.2) is 13.2 Å². The second-order valence-electron chi connectivity index (χ2n) is 6.10. The van der Waals surface area contributed by atoms with Crippen molar-refractivity contribution >= 4 is 35.1 Å². The Kier molecular flexibility index (Phi) is 9.26. The fourth-order valence-corrected chi connectivity index (χ4v) is 2.25. The quantitative estimate of drug-likeness (QED) is 0.422. The molecule has 2 aromatic carbocycles. The monoisotopic (exact) mass is 442 g/mol. The van der Waals surface area contributed by atoms with Gasteiger partial charge in [0.1, 0.15) is 11.5 Å². The standard InChI is InChI=1S/C22H22N2O8/c1-29-17-7-3-15(4-8-17)23-19(25)13-31-21(27)11-12-22(28)32-14-20(26)24-16-5-9-18(30-2)10-6-16/h3-12H,13-14H2,1-2H3,(H,23,25)(H,24,26). The third-order valence-electron chi connectivity index (χ3n) is 3.79. The molecule has 10 nitrogen and oxygen atoms in total. The molecule has 0 radical (unpaired) electrons. The van der Waals surface area contributed by atoms with Gasteiger partial charge in [0.2, 0.25) is 0 Å². The fraction of sp³-hybridized carbons (Fsp3) is 0.182. The summed E-state index contributed by atoms with van der Waals surface area (Å²) in [5, 5.41) is 5.07. The molecular weight excluding hydrogens is 420 g/mol. The first-order valence-corrected chi connectivity index (χ1v) is 9.29. The van der Waals surface area contributed by atoms with Crippen molar-refractivity contribution in [2.45, 2.75) is 0 Å². The van der Waals surface area contributed by atoms with Crippen molar-refractivity contribution in [2.24, 2.45) is 0 Å². The highest BCUT2D eigenvalue weighted by molar-refractivity contribution is 5.97. The summed E-state index contributed by atoms with van der Waals surface area (Å²) in [5.74, 6) is -1.71. The van der Waals surface area contributed by atoms with Gasteiger partial charge < -0.3 is 29.6 Å². The number of anilines is 2. The van der Waals surface area contributed by atoms with Crippen molar-refractivity contribution < 1.29 is 38.1 Å². The van der Waals surface area contributed by atoms with E-state index >= 15 is 0 Å². The average Bonchev–Trinajstić information content (AvgIpc) is 2.81. The van der Waals surface area contributed by atoms with E-state index in [1.54, 1.807) is 48.5 Å². The molecule has 0 unspecified atom stereocenters. The first-order chi connectivity index (χ1) is 15.4. The van der Waals surface area contributed by atoms with E-state index in [9.17, 15) is 19.2 Å². The van der Waals surface area contributed by atoms with Gasteiger partial charge in [0.25, 0.3) is 11.8 Å². The number of methoxy groups -OCH3 is 2. The zero-order chi connectivity index (χ0) is 23.3. The minimum absolute atomic E-state index is 0.499. The summed E-state index contributed by atoms with van der Waals surface area (Å²) in [5.41, 5.74) is 0.998. The Labute approximate surface area is 184 Å². The lowest BCUT2D eigenvalue weighted by molar-refractivity contribution is -0.144. The third kappa shape index (κ3) is 8.57. The first-order valence-electron chi connectivity index (χ1n) is 9.29. The van der Waals surface area contributed by atoms with Crippen molar-refractivity contribution in [3.63, 3.8) is 0 Å². The molecule has 32 heavy (non-hydrogen) atoms. The molecule has 0 bridgehead atoms. The van der Waals surface area contributed by atoms with Gasteiger partial charge in [-0.25, -0.2) is 9.59 Å². The van der Waals surface area contributed by atoms with E-state index in [0.717, 1.165) is 12.2 Å². The SMILES string of the molecule is COc1ccc(NC(=O)COC(=O)C=CC(=O)OCC(=O)Nc2ccc(OC)cc2)cc1. The maximum atomic E-state index is 11.8. The molecule has 10 heteroatoms. The minimum Gasteiger partial charge on any atom is -0.497 e. The largest absolute Gasteiger partial charge is 0.497 e. The van der Waals surface area contributed by atoms with Gasteiger partial charge in [-0.15, -0.1) is 0 Å². The molecule has 0 fully saturated rings. The molecule has 0 aliphatic heterocycles. The lowest BCUT2D eigenvalue weighted by atomic mass is 10.3. The molecule has 2 aromatic rings. The Bertz CT molecular complexity index is 889. The highest BCUT2D eigenvalue weighted by Gasteiger charge is 2.09. The topological polar surface area (TPSA) is 129 Å². The summed E-state index contributed by atoms with van der Waals surface area (Å²) in [6, 6.07) is 13.1. The van der Waals surface area contributed by atoms with Gasteiger partial charge in [-0.3, -0.25) is 9.59 Å². The fourth-order valence-electron chi connectivity index (χ4n) is 2.25. The maximum Gasteiger partial charge on any atom is 0.331 e. The predicted molar refractivity (Wildman–Crippen MR) is 114 cm³/mol. The van der Waals surface area contributed by atoms with Crippen molar-refractivity contribution in [1.29, 1.82) is 0 Å². The zero-order valence-corrected chi connectivity index (χ0v) is 17.5.